The zero-order valence-corrected chi connectivity index (χ0v) is 13.6. The van der Waals surface area contributed by atoms with Crippen LogP contribution in [0.2, 0.25) is 0 Å². The maximum absolute atomic E-state index is 12.1. The van der Waals surface area contributed by atoms with Crippen molar-refractivity contribution in [3.05, 3.63) is 66.2 Å². The average molecular weight is 327 g/mol. The number of nitrogens with one attached hydrogen (secondary N) is 1. The van der Waals surface area contributed by atoms with Gasteiger partial charge in [-0.3, -0.25) is 9.59 Å². The quantitative estimate of drug-likeness (QED) is 0.757. The zero-order valence-electron chi connectivity index (χ0n) is 13.6. The Morgan fingerprint density at radius 3 is 2.25 bits per heavy atom. The fourth-order valence-corrected chi connectivity index (χ4v) is 2.23. The molecule has 0 spiro atoms. The van der Waals surface area contributed by atoms with Gasteiger partial charge in [-0.05, 0) is 17.7 Å². The molecule has 1 amide bonds. The highest BCUT2D eigenvalue weighted by Gasteiger charge is 2.18. The monoisotopic (exact) mass is 327 g/mol. The molecule has 0 fully saturated rings. The standard InChI is InChI=1S/C19H21NO4/c1-23-19(22)14-17(15-8-4-2-5-9-15)20-18(21)12-13-24-16-10-6-3-7-11-16/h2-11,17H,12-14H2,1H3,(H,20,21)/t17-/m0/s1. The molecule has 2 aromatic rings. The number of benzene rings is 2. The molecule has 2 aromatic carbocycles. The third-order valence-corrected chi connectivity index (χ3v) is 3.48. The van der Waals surface area contributed by atoms with Crippen molar-refractivity contribution in [3.8, 4) is 5.75 Å². The number of carbonyl (C=O) groups is 2. The summed E-state index contributed by atoms with van der Waals surface area (Å²) in [6, 6.07) is 18.3. The number of carbonyl (C=O) groups excluding carboxylic acids is 2. The van der Waals surface area contributed by atoms with E-state index in [1.165, 1.54) is 7.11 Å². The van der Waals surface area contributed by atoms with Gasteiger partial charge in [0.05, 0.1) is 32.6 Å². The van der Waals surface area contributed by atoms with E-state index in [0.29, 0.717) is 0 Å². The molecular weight excluding hydrogens is 306 g/mol. The summed E-state index contributed by atoms with van der Waals surface area (Å²) in [6.45, 7) is 0.273. The first-order valence-electron chi connectivity index (χ1n) is 7.78. The van der Waals surface area contributed by atoms with E-state index >= 15 is 0 Å². The van der Waals surface area contributed by atoms with Gasteiger partial charge in [-0.25, -0.2) is 0 Å². The number of methoxy groups -OCH3 is 1. The minimum absolute atomic E-state index is 0.0891. The van der Waals surface area contributed by atoms with E-state index in [4.69, 9.17) is 9.47 Å². The smallest absolute Gasteiger partial charge is 0.307 e. The van der Waals surface area contributed by atoms with E-state index in [0.717, 1.165) is 11.3 Å². The third kappa shape index (κ3) is 5.76. The Morgan fingerprint density at radius 2 is 1.62 bits per heavy atom. The van der Waals surface area contributed by atoms with Crippen LogP contribution in [0.4, 0.5) is 0 Å². The molecule has 126 valence electrons. The van der Waals surface area contributed by atoms with Crippen LogP contribution in [-0.2, 0) is 14.3 Å². The molecule has 0 saturated carbocycles. The molecule has 0 aliphatic rings. The SMILES string of the molecule is COC(=O)C[C@H](NC(=O)CCOc1ccccc1)c1ccccc1. The molecule has 0 saturated heterocycles. The van der Waals surface area contributed by atoms with Gasteiger partial charge in [0.1, 0.15) is 5.75 Å². The molecular formula is C19H21NO4. The highest BCUT2D eigenvalue weighted by atomic mass is 16.5. The van der Waals surface area contributed by atoms with Gasteiger partial charge in [0.25, 0.3) is 0 Å². The molecule has 0 aliphatic heterocycles. The van der Waals surface area contributed by atoms with Crippen LogP contribution in [0.15, 0.2) is 60.7 Å². The van der Waals surface area contributed by atoms with Gasteiger partial charge in [-0.15, -0.1) is 0 Å². The van der Waals surface area contributed by atoms with Crippen molar-refractivity contribution in [2.75, 3.05) is 13.7 Å². The Kier molecular flexibility index (Phi) is 6.83. The summed E-state index contributed by atoms with van der Waals surface area (Å²) in [5, 5.41) is 2.87. The van der Waals surface area contributed by atoms with Gasteiger partial charge >= 0.3 is 5.97 Å². The molecule has 0 heterocycles. The Bertz CT molecular complexity index is 643. The van der Waals surface area contributed by atoms with Crippen molar-refractivity contribution < 1.29 is 19.1 Å². The second-order valence-electron chi connectivity index (χ2n) is 5.22. The van der Waals surface area contributed by atoms with Crippen molar-refractivity contribution in [1.82, 2.24) is 5.32 Å². The van der Waals surface area contributed by atoms with Gasteiger partial charge in [0.2, 0.25) is 5.91 Å². The summed E-state index contributed by atoms with van der Waals surface area (Å²) in [7, 11) is 1.33. The van der Waals surface area contributed by atoms with Crippen molar-refractivity contribution >= 4 is 11.9 Å². The summed E-state index contributed by atoms with van der Waals surface area (Å²) in [4.78, 5) is 23.7. The van der Waals surface area contributed by atoms with E-state index in [9.17, 15) is 9.59 Å². The zero-order chi connectivity index (χ0) is 17.2. The first-order valence-corrected chi connectivity index (χ1v) is 7.78. The predicted molar refractivity (Wildman–Crippen MR) is 90.5 cm³/mol. The van der Waals surface area contributed by atoms with E-state index in [2.05, 4.69) is 5.32 Å². The molecule has 0 unspecified atom stereocenters. The van der Waals surface area contributed by atoms with E-state index < -0.39 is 6.04 Å². The molecule has 0 bridgehead atoms. The molecule has 24 heavy (non-hydrogen) atoms. The summed E-state index contributed by atoms with van der Waals surface area (Å²) >= 11 is 0. The summed E-state index contributed by atoms with van der Waals surface area (Å²) < 4.78 is 10.2. The van der Waals surface area contributed by atoms with Crippen LogP contribution in [0.25, 0.3) is 0 Å². The number of para-hydroxylation sites is 1. The lowest BCUT2D eigenvalue weighted by Gasteiger charge is -2.18. The van der Waals surface area contributed by atoms with Crippen LogP contribution in [-0.4, -0.2) is 25.6 Å². The van der Waals surface area contributed by atoms with Crippen LogP contribution >= 0.6 is 0 Å². The topological polar surface area (TPSA) is 64.6 Å². The van der Waals surface area contributed by atoms with E-state index in [1.807, 2.05) is 60.7 Å². The molecule has 0 radical (unpaired) electrons. The number of rotatable bonds is 8. The molecule has 2 rings (SSSR count). The molecule has 5 nitrogen and oxygen atoms in total. The Hall–Kier alpha value is -2.82. The lowest BCUT2D eigenvalue weighted by atomic mass is 10.0. The normalized spacial score (nSPS) is 11.4. The number of hydrogen-bond acceptors (Lipinski definition) is 4. The minimum Gasteiger partial charge on any atom is -0.493 e. The second-order valence-corrected chi connectivity index (χ2v) is 5.22. The van der Waals surface area contributed by atoms with Crippen molar-refractivity contribution in [1.29, 1.82) is 0 Å². The summed E-state index contributed by atoms with van der Waals surface area (Å²) in [5.74, 6) is 0.174. The van der Waals surface area contributed by atoms with Crippen LogP contribution in [0.1, 0.15) is 24.4 Å². The Labute approximate surface area is 141 Å². The van der Waals surface area contributed by atoms with Crippen LogP contribution in [0.3, 0.4) is 0 Å². The maximum atomic E-state index is 12.1. The van der Waals surface area contributed by atoms with Crippen molar-refractivity contribution in [2.45, 2.75) is 18.9 Å². The predicted octanol–water partition coefficient (Wildman–Crippen LogP) is 2.88. The number of esters is 1. The van der Waals surface area contributed by atoms with Gasteiger partial charge < -0.3 is 14.8 Å². The minimum atomic E-state index is -0.414. The van der Waals surface area contributed by atoms with Crippen molar-refractivity contribution in [3.63, 3.8) is 0 Å². The Morgan fingerprint density at radius 1 is 1.00 bits per heavy atom. The lowest BCUT2D eigenvalue weighted by Crippen LogP contribution is -2.31. The van der Waals surface area contributed by atoms with Crippen molar-refractivity contribution in [2.24, 2.45) is 0 Å². The number of ether oxygens (including phenoxy) is 2. The highest BCUT2D eigenvalue weighted by Crippen LogP contribution is 2.17. The van der Waals surface area contributed by atoms with Gasteiger partial charge in [-0.1, -0.05) is 48.5 Å². The van der Waals surface area contributed by atoms with Gasteiger partial charge in [-0.2, -0.15) is 0 Å². The maximum Gasteiger partial charge on any atom is 0.307 e. The third-order valence-electron chi connectivity index (χ3n) is 3.48. The molecule has 5 heteroatoms. The summed E-state index contributed by atoms with van der Waals surface area (Å²) in [5.41, 5.74) is 0.861. The van der Waals surface area contributed by atoms with Gasteiger partial charge in [0, 0.05) is 0 Å². The number of amides is 1. The van der Waals surface area contributed by atoms with Crippen LogP contribution in [0.5, 0.6) is 5.75 Å². The Balaban J connectivity index is 1.88. The fourth-order valence-electron chi connectivity index (χ4n) is 2.23. The molecule has 1 atom stereocenters. The number of hydrogen-bond donors (Lipinski definition) is 1. The first-order chi connectivity index (χ1) is 11.7. The van der Waals surface area contributed by atoms with E-state index in [-0.39, 0.29) is 31.3 Å². The summed E-state index contributed by atoms with van der Waals surface area (Å²) in [6.07, 6.45) is 0.297. The molecule has 1 N–H and O–H groups in total. The molecule has 0 aromatic heterocycles. The molecule has 0 aliphatic carbocycles. The lowest BCUT2D eigenvalue weighted by molar-refractivity contribution is -0.141. The van der Waals surface area contributed by atoms with Crippen LogP contribution < -0.4 is 10.1 Å². The van der Waals surface area contributed by atoms with E-state index in [1.54, 1.807) is 0 Å². The van der Waals surface area contributed by atoms with Crippen LogP contribution in [0, 0.1) is 0 Å². The first kappa shape index (κ1) is 17.5. The largest absolute Gasteiger partial charge is 0.493 e. The fraction of sp³-hybridized carbons (Fsp3) is 0.263. The second kappa shape index (κ2) is 9.35. The highest BCUT2D eigenvalue weighted by molar-refractivity contribution is 5.78. The average Bonchev–Trinajstić information content (AvgIpc) is 2.62. The van der Waals surface area contributed by atoms with Gasteiger partial charge in [0.15, 0.2) is 0 Å².